The summed E-state index contributed by atoms with van der Waals surface area (Å²) in [5.41, 5.74) is 0.778. The molecule has 2 heterocycles. The Kier molecular flexibility index (Phi) is 3.68. The lowest BCUT2D eigenvalue weighted by molar-refractivity contribution is -0.129. The number of fused-ring (bicyclic) bond motifs is 2. The van der Waals surface area contributed by atoms with Crippen molar-refractivity contribution in [1.82, 2.24) is 5.32 Å². The Hall–Kier alpha value is -3.28. The molecule has 2 aromatic carbocycles. The fraction of sp³-hybridized carbons (Fsp3) is 0.200. The molecule has 0 fully saturated rings. The molecule has 0 unspecified atom stereocenters. The maximum Gasteiger partial charge on any atom is 0.268 e. The molecule has 6 heteroatoms. The number of furan rings is 1. The van der Waals surface area contributed by atoms with E-state index in [1.165, 1.54) is 0 Å². The van der Waals surface area contributed by atoms with E-state index in [0.29, 0.717) is 22.8 Å². The highest BCUT2D eigenvalue weighted by molar-refractivity contribution is 6.02. The molecule has 1 aliphatic heterocycles. The van der Waals surface area contributed by atoms with Crippen molar-refractivity contribution >= 4 is 28.5 Å². The number of carbonyl (C=O) groups excluding carboxylic acids is 2. The molecule has 26 heavy (non-hydrogen) atoms. The van der Waals surface area contributed by atoms with Crippen LogP contribution in [0.1, 0.15) is 30.0 Å². The van der Waals surface area contributed by atoms with Gasteiger partial charge < -0.3 is 19.8 Å². The summed E-state index contributed by atoms with van der Waals surface area (Å²) >= 11 is 0. The Balaban J connectivity index is 1.48. The van der Waals surface area contributed by atoms with Crippen molar-refractivity contribution in [3.63, 3.8) is 0 Å². The van der Waals surface area contributed by atoms with Crippen LogP contribution in [-0.2, 0) is 11.3 Å². The maximum absolute atomic E-state index is 12.4. The van der Waals surface area contributed by atoms with Crippen LogP contribution in [-0.4, -0.2) is 17.4 Å². The summed E-state index contributed by atoms with van der Waals surface area (Å²) in [6, 6.07) is 14.5. The minimum atomic E-state index is -0.932. The highest BCUT2D eigenvalue weighted by Crippen LogP contribution is 2.34. The van der Waals surface area contributed by atoms with Gasteiger partial charge in [0.1, 0.15) is 17.1 Å². The Morgan fingerprint density at radius 3 is 2.77 bits per heavy atom. The van der Waals surface area contributed by atoms with Crippen LogP contribution >= 0.6 is 0 Å². The van der Waals surface area contributed by atoms with Crippen LogP contribution in [0.25, 0.3) is 11.0 Å². The number of benzene rings is 2. The zero-order valence-electron chi connectivity index (χ0n) is 14.5. The number of rotatable bonds is 3. The molecule has 3 aromatic rings. The first kappa shape index (κ1) is 16.2. The van der Waals surface area contributed by atoms with Gasteiger partial charge in [-0.1, -0.05) is 18.2 Å². The topological polar surface area (TPSA) is 80.6 Å². The molecule has 0 bridgehead atoms. The lowest BCUT2D eigenvalue weighted by Crippen LogP contribution is -2.45. The van der Waals surface area contributed by atoms with E-state index in [4.69, 9.17) is 9.15 Å². The molecular weight excluding hydrogens is 332 g/mol. The minimum absolute atomic E-state index is 0.246. The first-order valence-electron chi connectivity index (χ1n) is 8.32. The summed E-state index contributed by atoms with van der Waals surface area (Å²) in [6.45, 7) is 3.67. The molecule has 0 saturated heterocycles. The highest BCUT2D eigenvalue weighted by atomic mass is 16.5. The fourth-order valence-electron chi connectivity index (χ4n) is 2.85. The largest absolute Gasteiger partial charge is 0.476 e. The van der Waals surface area contributed by atoms with Crippen molar-refractivity contribution in [3.05, 3.63) is 59.9 Å². The normalized spacial score (nSPS) is 15.1. The number of amides is 2. The van der Waals surface area contributed by atoms with E-state index in [2.05, 4.69) is 10.6 Å². The molecule has 1 aliphatic rings. The van der Waals surface area contributed by atoms with Gasteiger partial charge in [0, 0.05) is 10.9 Å². The number of anilines is 1. The summed E-state index contributed by atoms with van der Waals surface area (Å²) < 4.78 is 11.4. The van der Waals surface area contributed by atoms with E-state index in [-0.39, 0.29) is 18.4 Å². The first-order valence-corrected chi connectivity index (χ1v) is 8.32. The number of nitrogens with one attached hydrogen (secondary N) is 2. The van der Waals surface area contributed by atoms with Gasteiger partial charge in [0.2, 0.25) is 0 Å². The van der Waals surface area contributed by atoms with Crippen molar-refractivity contribution < 1.29 is 18.7 Å². The molecule has 132 valence electrons. The van der Waals surface area contributed by atoms with Gasteiger partial charge in [0.25, 0.3) is 11.8 Å². The smallest absolute Gasteiger partial charge is 0.268 e. The van der Waals surface area contributed by atoms with Gasteiger partial charge in [-0.25, -0.2) is 0 Å². The molecule has 0 atom stereocenters. The van der Waals surface area contributed by atoms with Gasteiger partial charge in [-0.05, 0) is 44.2 Å². The minimum Gasteiger partial charge on any atom is -0.476 e. The lowest BCUT2D eigenvalue weighted by atomic mass is 10.0. The number of hydrogen-bond acceptors (Lipinski definition) is 4. The summed E-state index contributed by atoms with van der Waals surface area (Å²) in [4.78, 5) is 24.4. The predicted octanol–water partition coefficient (Wildman–Crippen LogP) is 3.47. The maximum atomic E-state index is 12.4. The average Bonchev–Trinajstić information content (AvgIpc) is 3.03. The number of para-hydroxylation sites is 1. The summed E-state index contributed by atoms with van der Waals surface area (Å²) in [5.74, 6) is 0.719. The molecule has 0 saturated carbocycles. The van der Waals surface area contributed by atoms with Crippen LogP contribution in [0.2, 0.25) is 0 Å². The monoisotopic (exact) mass is 350 g/mol. The lowest BCUT2D eigenvalue weighted by Gasteiger charge is -2.31. The van der Waals surface area contributed by atoms with E-state index in [1.807, 2.05) is 30.3 Å². The van der Waals surface area contributed by atoms with E-state index < -0.39 is 5.60 Å². The second-order valence-corrected chi connectivity index (χ2v) is 6.71. The van der Waals surface area contributed by atoms with E-state index >= 15 is 0 Å². The summed E-state index contributed by atoms with van der Waals surface area (Å²) in [7, 11) is 0. The third-order valence-electron chi connectivity index (χ3n) is 4.30. The number of carbonyl (C=O) groups is 2. The van der Waals surface area contributed by atoms with E-state index in [9.17, 15) is 9.59 Å². The number of ether oxygens (including phenoxy) is 1. The summed E-state index contributed by atoms with van der Waals surface area (Å²) in [5, 5.41) is 6.59. The van der Waals surface area contributed by atoms with E-state index in [1.54, 1.807) is 32.0 Å². The van der Waals surface area contributed by atoms with Gasteiger partial charge in [-0.15, -0.1) is 0 Å². The standard InChI is InChI=1S/C20H18N2O4/c1-20(2)19(24)22-15-10-13(7-8-17(15)26-20)18(23)21-11-14-9-12-5-3-4-6-16(12)25-14/h3-10H,11H2,1-2H3,(H,21,23)(H,22,24). The molecular formula is C20H18N2O4. The van der Waals surface area contributed by atoms with Crippen molar-refractivity contribution in [2.24, 2.45) is 0 Å². The van der Waals surface area contributed by atoms with Gasteiger partial charge in [0.05, 0.1) is 12.2 Å². The number of hydrogen-bond donors (Lipinski definition) is 2. The van der Waals surface area contributed by atoms with Crippen LogP contribution in [0.4, 0.5) is 5.69 Å². The SMILES string of the molecule is CC1(C)Oc2ccc(C(=O)NCc3cc4ccccc4o3)cc2NC1=O. The van der Waals surface area contributed by atoms with Crippen LogP contribution in [0, 0.1) is 0 Å². The molecule has 0 aliphatic carbocycles. The van der Waals surface area contributed by atoms with Gasteiger partial charge in [-0.2, -0.15) is 0 Å². The van der Waals surface area contributed by atoms with Crippen molar-refractivity contribution in [1.29, 1.82) is 0 Å². The molecule has 4 rings (SSSR count). The Morgan fingerprint density at radius 2 is 1.96 bits per heavy atom. The molecule has 2 amide bonds. The Bertz CT molecular complexity index is 987. The average molecular weight is 350 g/mol. The highest BCUT2D eigenvalue weighted by Gasteiger charge is 2.35. The molecule has 0 radical (unpaired) electrons. The van der Waals surface area contributed by atoms with Gasteiger partial charge in [-0.3, -0.25) is 9.59 Å². The van der Waals surface area contributed by atoms with E-state index in [0.717, 1.165) is 11.0 Å². The zero-order valence-corrected chi connectivity index (χ0v) is 14.5. The van der Waals surface area contributed by atoms with Crippen LogP contribution < -0.4 is 15.4 Å². The Morgan fingerprint density at radius 1 is 1.15 bits per heavy atom. The molecule has 2 N–H and O–H groups in total. The second-order valence-electron chi connectivity index (χ2n) is 6.71. The summed E-state index contributed by atoms with van der Waals surface area (Å²) in [6.07, 6.45) is 0. The zero-order chi connectivity index (χ0) is 18.3. The first-order chi connectivity index (χ1) is 12.4. The van der Waals surface area contributed by atoms with Crippen molar-refractivity contribution in [2.75, 3.05) is 5.32 Å². The van der Waals surface area contributed by atoms with Gasteiger partial charge in [0.15, 0.2) is 5.60 Å². The van der Waals surface area contributed by atoms with Crippen LogP contribution in [0.15, 0.2) is 52.9 Å². The van der Waals surface area contributed by atoms with Crippen molar-refractivity contribution in [2.45, 2.75) is 26.0 Å². The second kappa shape index (κ2) is 5.91. The molecule has 1 aromatic heterocycles. The van der Waals surface area contributed by atoms with Crippen LogP contribution in [0.3, 0.4) is 0 Å². The predicted molar refractivity (Wildman–Crippen MR) is 97.2 cm³/mol. The third-order valence-corrected chi connectivity index (χ3v) is 4.30. The van der Waals surface area contributed by atoms with Gasteiger partial charge >= 0.3 is 0 Å². The fourth-order valence-corrected chi connectivity index (χ4v) is 2.85. The Labute approximate surface area is 150 Å². The van der Waals surface area contributed by atoms with Crippen molar-refractivity contribution in [3.8, 4) is 5.75 Å². The third kappa shape index (κ3) is 2.90. The molecule has 0 spiro atoms. The molecule has 6 nitrogen and oxygen atoms in total. The van der Waals surface area contributed by atoms with Crippen LogP contribution in [0.5, 0.6) is 5.75 Å². The quantitative estimate of drug-likeness (QED) is 0.758.